The molecule has 0 bridgehead atoms. The predicted octanol–water partition coefficient (Wildman–Crippen LogP) is 2.83. The summed E-state index contributed by atoms with van der Waals surface area (Å²) in [4.78, 5) is 8.34. The van der Waals surface area contributed by atoms with Crippen LogP contribution in [0.1, 0.15) is 5.56 Å². The van der Waals surface area contributed by atoms with Crippen LogP contribution in [0.3, 0.4) is 0 Å². The fourth-order valence-electron chi connectivity index (χ4n) is 1.80. The molecule has 2 heterocycles. The van der Waals surface area contributed by atoms with E-state index in [4.69, 9.17) is 0 Å². The SMILES string of the molecule is Cc1ccc(-c2nc3cnccn3c2O)cc1.Cl. The van der Waals surface area contributed by atoms with Gasteiger partial charge in [-0.25, -0.2) is 4.98 Å². The van der Waals surface area contributed by atoms with E-state index in [2.05, 4.69) is 9.97 Å². The lowest BCUT2D eigenvalue weighted by Crippen LogP contribution is -1.83. The van der Waals surface area contributed by atoms with Gasteiger partial charge in [0.2, 0.25) is 5.88 Å². The first-order valence-electron chi connectivity index (χ1n) is 5.34. The second-order valence-electron chi connectivity index (χ2n) is 3.95. The van der Waals surface area contributed by atoms with Crippen molar-refractivity contribution in [2.24, 2.45) is 0 Å². The minimum absolute atomic E-state index is 0. The van der Waals surface area contributed by atoms with Gasteiger partial charge in [-0.05, 0) is 6.92 Å². The Labute approximate surface area is 110 Å². The molecule has 2 aromatic heterocycles. The second kappa shape index (κ2) is 4.66. The van der Waals surface area contributed by atoms with Gasteiger partial charge in [0.15, 0.2) is 5.65 Å². The Hall–Kier alpha value is -2.07. The Morgan fingerprint density at radius 1 is 1.17 bits per heavy atom. The zero-order valence-corrected chi connectivity index (χ0v) is 10.6. The number of hydrogen-bond donors (Lipinski definition) is 1. The molecule has 4 nitrogen and oxygen atoms in total. The van der Waals surface area contributed by atoms with Crippen molar-refractivity contribution >= 4 is 18.1 Å². The molecule has 0 aliphatic rings. The summed E-state index contributed by atoms with van der Waals surface area (Å²) in [5.74, 6) is 0.145. The molecule has 0 unspecified atom stereocenters. The zero-order chi connectivity index (χ0) is 11.8. The van der Waals surface area contributed by atoms with E-state index in [0.717, 1.165) is 5.56 Å². The Morgan fingerprint density at radius 2 is 1.89 bits per heavy atom. The number of hydrogen-bond acceptors (Lipinski definition) is 3. The van der Waals surface area contributed by atoms with Crippen LogP contribution in [0, 0.1) is 6.92 Å². The van der Waals surface area contributed by atoms with Crippen molar-refractivity contribution in [3.05, 3.63) is 48.4 Å². The first-order chi connectivity index (χ1) is 8.25. The van der Waals surface area contributed by atoms with Crippen LogP contribution < -0.4 is 0 Å². The number of aromatic nitrogens is 3. The lowest BCUT2D eigenvalue weighted by Gasteiger charge is -1.98. The number of benzene rings is 1. The molecular formula is C13H12ClN3O. The van der Waals surface area contributed by atoms with Crippen LogP contribution in [-0.2, 0) is 0 Å². The molecule has 0 aliphatic carbocycles. The van der Waals surface area contributed by atoms with Crippen LogP contribution >= 0.6 is 12.4 Å². The van der Waals surface area contributed by atoms with E-state index in [1.165, 1.54) is 5.56 Å². The highest BCUT2D eigenvalue weighted by Gasteiger charge is 2.12. The molecule has 18 heavy (non-hydrogen) atoms. The number of rotatable bonds is 1. The molecule has 0 aliphatic heterocycles. The highest BCUT2D eigenvalue weighted by atomic mass is 35.5. The summed E-state index contributed by atoms with van der Waals surface area (Å²) in [6.07, 6.45) is 4.93. The summed E-state index contributed by atoms with van der Waals surface area (Å²) >= 11 is 0. The smallest absolute Gasteiger partial charge is 0.224 e. The third kappa shape index (κ3) is 1.91. The number of imidazole rings is 1. The fraction of sp³-hybridized carbons (Fsp3) is 0.0769. The Morgan fingerprint density at radius 3 is 2.56 bits per heavy atom. The fourth-order valence-corrected chi connectivity index (χ4v) is 1.80. The molecule has 3 rings (SSSR count). The van der Waals surface area contributed by atoms with Crippen molar-refractivity contribution < 1.29 is 5.11 Å². The number of fused-ring (bicyclic) bond motifs is 1. The van der Waals surface area contributed by atoms with E-state index in [-0.39, 0.29) is 18.3 Å². The molecule has 0 amide bonds. The molecule has 0 atom stereocenters. The van der Waals surface area contributed by atoms with Gasteiger partial charge in [-0.1, -0.05) is 29.8 Å². The van der Waals surface area contributed by atoms with Crippen molar-refractivity contribution in [3.63, 3.8) is 0 Å². The standard InChI is InChI=1S/C13H11N3O.ClH/c1-9-2-4-10(5-3-9)12-13(17)16-7-6-14-8-11(16)15-12;/h2-8,17H,1H3;1H. The van der Waals surface area contributed by atoms with Gasteiger partial charge in [-0.3, -0.25) is 9.38 Å². The molecule has 1 aromatic carbocycles. The number of aromatic hydroxyl groups is 1. The summed E-state index contributed by atoms with van der Waals surface area (Å²) in [6.45, 7) is 2.03. The van der Waals surface area contributed by atoms with Crippen LogP contribution in [0.5, 0.6) is 5.88 Å². The van der Waals surface area contributed by atoms with Gasteiger partial charge in [0.05, 0.1) is 6.20 Å². The molecule has 0 saturated heterocycles. The largest absolute Gasteiger partial charge is 0.493 e. The lowest BCUT2D eigenvalue weighted by atomic mass is 10.1. The Bertz CT molecular complexity index is 676. The summed E-state index contributed by atoms with van der Waals surface area (Å²) in [5, 5.41) is 10.1. The maximum Gasteiger partial charge on any atom is 0.224 e. The Balaban J connectivity index is 0.00000120. The maximum atomic E-state index is 10.1. The van der Waals surface area contributed by atoms with Gasteiger partial charge in [0.25, 0.3) is 0 Å². The van der Waals surface area contributed by atoms with Crippen molar-refractivity contribution in [1.29, 1.82) is 0 Å². The van der Waals surface area contributed by atoms with Gasteiger partial charge in [-0.15, -0.1) is 12.4 Å². The quantitative estimate of drug-likeness (QED) is 0.733. The summed E-state index contributed by atoms with van der Waals surface area (Å²) in [7, 11) is 0. The zero-order valence-electron chi connectivity index (χ0n) is 9.74. The highest BCUT2D eigenvalue weighted by Crippen LogP contribution is 2.29. The van der Waals surface area contributed by atoms with Gasteiger partial charge in [0.1, 0.15) is 5.69 Å². The van der Waals surface area contributed by atoms with Crippen LogP contribution in [0.2, 0.25) is 0 Å². The van der Waals surface area contributed by atoms with Crippen LogP contribution in [-0.4, -0.2) is 19.5 Å². The Kier molecular flexibility index (Phi) is 3.21. The average molecular weight is 262 g/mol. The second-order valence-corrected chi connectivity index (χ2v) is 3.95. The van der Waals surface area contributed by atoms with Crippen molar-refractivity contribution in [1.82, 2.24) is 14.4 Å². The van der Waals surface area contributed by atoms with Gasteiger partial charge in [-0.2, -0.15) is 0 Å². The van der Waals surface area contributed by atoms with E-state index < -0.39 is 0 Å². The van der Waals surface area contributed by atoms with Crippen LogP contribution in [0.15, 0.2) is 42.9 Å². The summed E-state index contributed by atoms with van der Waals surface area (Å²) < 4.78 is 1.61. The molecule has 0 fully saturated rings. The molecule has 92 valence electrons. The minimum atomic E-state index is 0. The normalized spacial score (nSPS) is 10.3. The van der Waals surface area contributed by atoms with E-state index in [9.17, 15) is 5.11 Å². The van der Waals surface area contributed by atoms with E-state index in [1.807, 2.05) is 31.2 Å². The van der Waals surface area contributed by atoms with Gasteiger partial charge < -0.3 is 5.11 Å². The topological polar surface area (TPSA) is 50.4 Å². The summed E-state index contributed by atoms with van der Waals surface area (Å²) in [5.41, 5.74) is 3.30. The molecular weight excluding hydrogens is 250 g/mol. The molecule has 1 N–H and O–H groups in total. The molecule has 0 saturated carbocycles. The first kappa shape index (κ1) is 12.4. The number of halogens is 1. The van der Waals surface area contributed by atoms with Crippen LogP contribution in [0.4, 0.5) is 0 Å². The van der Waals surface area contributed by atoms with Crippen LogP contribution in [0.25, 0.3) is 16.9 Å². The van der Waals surface area contributed by atoms with Gasteiger partial charge >= 0.3 is 0 Å². The monoisotopic (exact) mass is 261 g/mol. The van der Waals surface area contributed by atoms with E-state index >= 15 is 0 Å². The molecule has 0 radical (unpaired) electrons. The van der Waals surface area contributed by atoms with E-state index in [1.54, 1.807) is 23.0 Å². The number of nitrogens with zero attached hydrogens (tertiary/aromatic N) is 3. The van der Waals surface area contributed by atoms with Gasteiger partial charge in [0, 0.05) is 18.0 Å². The number of aryl methyl sites for hydroxylation is 1. The third-order valence-electron chi connectivity index (χ3n) is 2.73. The third-order valence-corrected chi connectivity index (χ3v) is 2.73. The van der Waals surface area contributed by atoms with Crippen molar-refractivity contribution in [2.75, 3.05) is 0 Å². The highest BCUT2D eigenvalue weighted by molar-refractivity contribution is 5.85. The van der Waals surface area contributed by atoms with Crippen molar-refractivity contribution in [3.8, 4) is 17.1 Å². The van der Waals surface area contributed by atoms with E-state index in [0.29, 0.717) is 11.3 Å². The summed E-state index contributed by atoms with van der Waals surface area (Å²) in [6, 6.07) is 7.89. The molecule has 0 spiro atoms. The maximum absolute atomic E-state index is 10.1. The van der Waals surface area contributed by atoms with Crippen molar-refractivity contribution in [2.45, 2.75) is 6.92 Å². The lowest BCUT2D eigenvalue weighted by molar-refractivity contribution is 0.450. The first-order valence-corrected chi connectivity index (χ1v) is 5.34. The minimum Gasteiger partial charge on any atom is -0.493 e. The molecule has 5 heteroatoms. The average Bonchev–Trinajstić information content (AvgIpc) is 2.69. The molecule has 3 aromatic rings. The predicted molar refractivity (Wildman–Crippen MR) is 72.1 cm³/mol.